The van der Waals surface area contributed by atoms with Crippen LogP contribution in [0.4, 0.5) is 0 Å². The van der Waals surface area contributed by atoms with E-state index in [0.717, 1.165) is 47.9 Å². The van der Waals surface area contributed by atoms with Gasteiger partial charge in [-0.15, -0.1) is 0 Å². The fraction of sp³-hybridized carbons (Fsp3) is 0.179. The number of aliphatic imine (C=N–C) groups is 1. The average Bonchev–Trinajstić information content (AvgIpc) is 3.64. The molecule has 0 spiro atoms. The quantitative estimate of drug-likeness (QED) is 0.141. The van der Waals surface area contributed by atoms with Gasteiger partial charge >= 0.3 is 0 Å². The van der Waals surface area contributed by atoms with Crippen molar-refractivity contribution < 1.29 is 19.4 Å². The zero-order valence-electron chi connectivity index (χ0n) is 25.4. The molecule has 0 saturated carbocycles. The van der Waals surface area contributed by atoms with Crippen molar-refractivity contribution in [2.45, 2.75) is 30.5 Å². The molecule has 1 amide bonds. The highest BCUT2D eigenvalue weighted by molar-refractivity contribution is 9.10. The van der Waals surface area contributed by atoms with Gasteiger partial charge in [-0.3, -0.25) is 4.79 Å². The summed E-state index contributed by atoms with van der Waals surface area (Å²) in [4.78, 5) is 20.4. The predicted octanol–water partition coefficient (Wildman–Crippen LogP) is 8.36. The second kappa shape index (κ2) is 13.5. The molecule has 2 N–H and O–H groups in total. The highest BCUT2D eigenvalue weighted by Crippen LogP contribution is 2.47. The van der Waals surface area contributed by atoms with Crippen molar-refractivity contribution in [3.63, 3.8) is 0 Å². The van der Waals surface area contributed by atoms with Crippen LogP contribution < -0.4 is 10.1 Å². The fourth-order valence-corrected chi connectivity index (χ4v) is 7.11. The Hall–Kier alpha value is -4.24. The Morgan fingerprint density at radius 3 is 2.13 bits per heavy atom. The molecule has 5 aromatic rings. The minimum absolute atomic E-state index is 0.0693. The molecule has 2 aliphatic rings. The highest BCUT2D eigenvalue weighted by Gasteiger charge is 2.54. The number of hydrogen-bond donors (Lipinski definition) is 2. The SMILES string of the molecule is O=C(NC1c2ccccc2-c2ccccc21)[C@]1(Cc2ccccc2Br)N=C(c2ccc(OCCCO)cc2)O[C@@H]1c1ccc(Br)cc1. The van der Waals surface area contributed by atoms with E-state index in [1.54, 1.807) is 0 Å². The van der Waals surface area contributed by atoms with E-state index in [4.69, 9.17) is 19.6 Å². The molecule has 0 saturated heterocycles. The molecule has 2 atom stereocenters. The first-order valence-electron chi connectivity index (χ1n) is 15.6. The Morgan fingerprint density at radius 1 is 0.830 bits per heavy atom. The number of aliphatic hydroxyl groups is 1. The number of carbonyl (C=O) groups excluding carboxylic acids is 1. The Labute approximate surface area is 290 Å². The molecule has 47 heavy (non-hydrogen) atoms. The van der Waals surface area contributed by atoms with Crippen LogP contribution in [0.2, 0.25) is 0 Å². The number of nitrogens with zero attached hydrogens (tertiary/aromatic N) is 1. The van der Waals surface area contributed by atoms with Gasteiger partial charge in [0, 0.05) is 34.0 Å². The summed E-state index contributed by atoms with van der Waals surface area (Å²) in [6, 6.07) is 39.4. The van der Waals surface area contributed by atoms with E-state index in [2.05, 4.69) is 61.4 Å². The molecule has 1 aliphatic heterocycles. The molecule has 5 aromatic carbocycles. The number of carbonyl (C=O) groups is 1. The Kier molecular flexibility index (Phi) is 8.99. The van der Waals surface area contributed by atoms with Crippen molar-refractivity contribution in [3.8, 4) is 16.9 Å². The summed E-state index contributed by atoms with van der Waals surface area (Å²) in [5, 5.41) is 12.6. The summed E-state index contributed by atoms with van der Waals surface area (Å²) >= 11 is 7.29. The maximum atomic E-state index is 15.1. The van der Waals surface area contributed by atoms with Gasteiger partial charge in [-0.05, 0) is 75.8 Å². The number of aliphatic hydroxyl groups excluding tert-OH is 1. The van der Waals surface area contributed by atoms with Crippen LogP contribution in [0, 0.1) is 0 Å². The van der Waals surface area contributed by atoms with Crippen LogP contribution in [-0.4, -0.2) is 35.7 Å². The highest BCUT2D eigenvalue weighted by atomic mass is 79.9. The molecular formula is C39H32Br2N2O4. The lowest BCUT2D eigenvalue weighted by Gasteiger charge is -2.32. The van der Waals surface area contributed by atoms with Gasteiger partial charge in [0.05, 0.1) is 12.6 Å². The summed E-state index contributed by atoms with van der Waals surface area (Å²) in [5.41, 5.74) is 5.51. The molecule has 1 aliphatic carbocycles. The zero-order chi connectivity index (χ0) is 32.4. The van der Waals surface area contributed by atoms with E-state index in [1.165, 1.54) is 0 Å². The number of benzene rings is 5. The lowest BCUT2D eigenvalue weighted by Crippen LogP contribution is -2.50. The first-order chi connectivity index (χ1) is 23.0. The van der Waals surface area contributed by atoms with Gasteiger partial charge in [-0.25, -0.2) is 4.99 Å². The average molecular weight is 753 g/mol. The standard InChI is InChI=1S/C39H32Br2N2O4/c40-28-18-14-25(15-19-28)36-39(24-27-8-1-6-13-34(27)41,43-37(47-36)26-16-20-29(21-17-26)46-23-7-22-44)38(45)42-35-32-11-4-2-9-30(32)31-10-3-5-12-33(31)35/h1-6,8-21,35-36,44H,7,22-24H2,(H,42,45)/t36-,39-/m1/s1. The molecule has 1 heterocycles. The van der Waals surface area contributed by atoms with Crippen molar-refractivity contribution in [3.05, 3.63) is 158 Å². The van der Waals surface area contributed by atoms with E-state index >= 15 is 4.79 Å². The molecule has 7 rings (SSSR count). The number of halogens is 2. The summed E-state index contributed by atoms with van der Waals surface area (Å²) in [6.07, 6.45) is 0.128. The van der Waals surface area contributed by atoms with Gasteiger partial charge in [0.25, 0.3) is 5.91 Å². The maximum absolute atomic E-state index is 15.1. The van der Waals surface area contributed by atoms with Crippen molar-refractivity contribution in [2.75, 3.05) is 13.2 Å². The maximum Gasteiger partial charge on any atom is 0.253 e. The molecule has 0 bridgehead atoms. The molecule has 0 unspecified atom stereocenters. The van der Waals surface area contributed by atoms with Gasteiger partial charge in [-0.1, -0.05) is 111 Å². The van der Waals surface area contributed by atoms with Gasteiger partial charge in [0.2, 0.25) is 5.90 Å². The number of fused-ring (bicyclic) bond motifs is 3. The lowest BCUT2D eigenvalue weighted by atomic mass is 9.81. The number of hydrogen-bond acceptors (Lipinski definition) is 5. The predicted molar refractivity (Wildman–Crippen MR) is 191 cm³/mol. The van der Waals surface area contributed by atoms with Crippen molar-refractivity contribution >= 4 is 43.7 Å². The van der Waals surface area contributed by atoms with E-state index in [0.29, 0.717) is 31.1 Å². The molecular weight excluding hydrogens is 720 g/mol. The van der Waals surface area contributed by atoms with Crippen LogP contribution in [0.3, 0.4) is 0 Å². The number of rotatable bonds is 10. The summed E-state index contributed by atoms with van der Waals surface area (Å²) < 4.78 is 14.3. The van der Waals surface area contributed by atoms with E-state index in [-0.39, 0.29) is 18.6 Å². The Balaban J connectivity index is 1.34. The van der Waals surface area contributed by atoms with Gasteiger partial charge in [0.15, 0.2) is 11.6 Å². The molecule has 236 valence electrons. The van der Waals surface area contributed by atoms with Crippen LogP contribution in [0.15, 0.2) is 135 Å². The monoisotopic (exact) mass is 750 g/mol. The van der Waals surface area contributed by atoms with Crippen LogP contribution in [0.5, 0.6) is 5.75 Å². The topological polar surface area (TPSA) is 80.2 Å². The van der Waals surface area contributed by atoms with E-state index in [1.807, 2.05) is 97.1 Å². The number of amides is 1. The minimum atomic E-state index is -1.35. The zero-order valence-corrected chi connectivity index (χ0v) is 28.6. The third-order valence-corrected chi connectivity index (χ3v) is 10.0. The molecule has 0 radical (unpaired) electrons. The molecule has 6 nitrogen and oxygen atoms in total. The van der Waals surface area contributed by atoms with Gasteiger partial charge < -0.3 is 19.9 Å². The third kappa shape index (κ3) is 6.13. The van der Waals surface area contributed by atoms with Crippen molar-refractivity contribution in [1.29, 1.82) is 0 Å². The summed E-state index contributed by atoms with van der Waals surface area (Å²) in [5.74, 6) is 0.840. The van der Waals surface area contributed by atoms with Crippen LogP contribution in [0.1, 0.15) is 46.4 Å². The normalized spacial score (nSPS) is 18.2. The van der Waals surface area contributed by atoms with Gasteiger partial charge in [0.1, 0.15) is 5.75 Å². The van der Waals surface area contributed by atoms with Crippen LogP contribution in [0.25, 0.3) is 11.1 Å². The number of nitrogens with one attached hydrogen (secondary N) is 1. The van der Waals surface area contributed by atoms with Crippen molar-refractivity contribution in [1.82, 2.24) is 5.32 Å². The second-order valence-electron chi connectivity index (χ2n) is 11.7. The summed E-state index contributed by atoms with van der Waals surface area (Å²) in [6.45, 7) is 0.488. The molecule has 0 fully saturated rings. The lowest BCUT2D eigenvalue weighted by molar-refractivity contribution is -0.129. The smallest absolute Gasteiger partial charge is 0.253 e. The number of ether oxygens (including phenoxy) is 2. The Bertz CT molecular complexity index is 1900. The third-order valence-electron chi connectivity index (χ3n) is 8.73. The van der Waals surface area contributed by atoms with E-state index in [9.17, 15) is 0 Å². The second-order valence-corrected chi connectivity index (χ2v) is 13.5. The first-order valence-corrected chi connectivity index (χ1v) is 17.1. The van der Waals surface area contributed by atoms with Crippen LogP contribution in [-0.2, 0) is 16.0 Å². The van der Waals surface area contributed by atoms with Crippen molar-refractivity contribution in [2.24, 2.45) is 4.99 Å². The van der Waals surface area contributed by atoms with Crippen LogP contribution >= 0.6 is 31.9 Å². The Morgan fingerprint density at radius 2 is 1.47 bits per heavy atom. The molecule has 0 aromatic heterocycles. The first kappa shape index (κ1) is 31.4. The van der Waals surface area contributed by atoms with Gasteiger partial charge in [-0.2, -0.15) is 0 Å². The fourth-order valence-electron chi connectivity index (χ4n) is 6.42. The van der Waals surface area contributed by atoms with E-state index < -0.39 is 11.6 Å². The minimum Gasteiger partial charge on any atom is -0.494 e. The largest absolute Gasteiger partial charge is 0.494 e. The molecule has 8 heteroatoms. The summed E-state index contributed by atoms with van der Waals surface area (Å²) in [7, 11) is 0.